The number of nitrogens with one attached hydrogen (secondary N) is 1. The van der Waals surface area contributed by atoms with Crippen LogP contribution < -0.4 is 5.32 Å². The molecule has 1 nitrogen and oxygen atoms in total. The Labute approximate surface area is 122 Å². The fourth-order valence-electron chi connectivity index (χ4n) is 2.92. The lowest BCUT2D eigenvalue weighted by molar-refractivity contribution is 0.335. The summed E-state index contributed by atoms with van der Waals surface area (Å²) in [5.41, 5.74) is 1.47. The average Bonchev–Trinajstić information content (AvgIpc) is 2.38. The highest BCUT2D eigenvalue weighted by molar-refractivity contribution is 8.00. The van der Waals surface area contributed by atoms with E-state index in [1.54, 1.807) is 0 Å². The molecule has 1 aliphatic rings. The Balaban J connectivity index is 1.88. The van der Waals surface area contributed by atoms with Crippen molar-refractivity contribution < 1.29 is 0 Å². The van der Waals surface area contributed by atoms with E-state index in [0.717, 1.165) is 6.54 Å². The first kappa shape index (κ1) is 14.9. The summed E-state index contributed by atoms with van der Waals surface area (Å²) in [5.74, 6) is 1.31. The maximum absolute atomic E-state index is 3.74. The van der Waals surface area contributed by atoms with E-state index in [1.807, 2.05) is 0 Å². The molecule has 1 atom stereocenters. The van der Waals surface area contributed by atoms with E-state index in [0.29, 0.717) is 16.6 Å². The van der Waals surface area contributed by atoms with Crippen LogP contribution in [0.25, 0.3) is 0 Å². The smallest absolute Gasteiger partial charge is 0.0281 e. The molecule has 0 bridgehead atoms. The molecule has 1 N–H and O–H groups in total. The summed E-state index contributed by atoms with van der Waals surface area (Å²) < 4.78 is 0.540. The fraction of sp³-hybridized carbons (Fsp3) is 0.647. The maximum Gasteiger partial charge on any atom is 0.0281 e. The van der Waals surface area contributed by atoms with Gasteiger partial charge in [0.1, 0.15) is 0 Å². The van der Waals surface area contributed by atoms with Crippen molar-refractivity contribution in [3.63, 3.8) is 0 Å². The summed E-state index contributed by atoms with van der Waals surface area (Å²) >= 11 is 2.05. The lowest BCUT2D eigenvalue weighted by atomic mass is 9.83. The third-order valence-corrected chi connectivity index (χ3v) is 5.96. The van der Waals surface area contributed by atoms with Crippen LogP contribution in [0, 0.1) is 5.92 Å². The van der Waals surface area contributed by atoms with Crippen molar-refractivity contribution in [2.75, 3.05) is 19.3 Å². The number of hydrogen-bond acceptors (Lipinski definition) is 2. The van der Waals surface area contributed by atoms with Gasteiger partial charge in [0.05, 0.1) is 0 Å². The molecule has 0 amide bonds. The molecule has 2 rings (SSSR count). The molecule has 106 valence electrons. The van der Waals surface area contributed by atoms with Crippen molar-refractivity contribution in [3.05, 3.63) is 35.9 Å². The van der Waals surface area contributed by atoms with E-state index in [4.69, 9.17) is 0 Å². The number of hydrogen-bond donors (Lipinski definition) is 1. The molecule has 0 radical (unpaired) electrons. The van der Waals surface area contributed by atoms with E-state index < -0.39 is 0 Å². The van der Waals surface area contributed by atoms with Crippen LogP contribution in [-0.2, 0) is 0 Å². The highest BCUT2D eigenvalue weighted by Crippen LogP contribution is 2.42. The maximum atomic E-state index is 3.74. The van der Waals surface area contributed by atoms with Gasteiger partial charge in [-0.15, -0.1) is 0 Å². The Morgan fingerprint density at radius 3 is 2.37 bits per heavy atom. The van der Waals surface area contributed by atoms with Crippen molar-refractivity contribution in [1.82, 2.24) is 5.32 Å². The van der Waals surface area contributed by atoms with E-state index in [-0.39, 0.29) is 0 Å². The van der Waals surface area contributed by atoms with E-state index >= 15 is 0 Å². The molecular formula is C17H27NS. The van der Waals surface area contributed by atoms with Crippen LogP contribution >= 0.6 is 11.8 Å². The molecule has 1 unspecified atom stereocenters. The molecule has 0 aliphatic heterocycles. The summed E-state index contributed by atoms with van der Waals surface area (Å²) in [6.07, 6.45) is 6.45. The van der Waals surface area contributed by atoms with Gasteiger partial charge in [-0.2, -0.15) is 11.8 Å². The van der Waals surface area contributed by atoms with Crippen LogP contribution in [0.3, 0.4) is 0 Å². The summed E-state index contributed by atoms with van der Waals surface area (Å²) in [7, 11) is 0. The summed E-state index contributed by atoms with van der Waals surface area (Å²) in [4.78, 5) is 0. The van der Waals surface area contributed by atoms with E-state index in [2.05, 4.69) is 67.5 Å². The zero-order chi connectivity index (χ0) is 13.7. The van der Waals surface area contributed by atoms with Crippen molar-refractivity contribution in [1.29, 1.82) is 0 Å². The van der Waals surface area contributed by atoms with Gasteiger partial charge in [0.25, 0.3) is 0 Å². The first-order valence-corrected chi connectivity index (χ1v) is 8.70. The van der Waals surface area contributed by atoms with Crippen molar-refractivity contribution in [2.24, 2.45) is 5.92 Å². The van der Waals surface area contributed by atoms with Gasteiger partial charge in [0, 0.05) is 17.8 Å². The van der Waals surface area contributed by atoms with Crippen LogP contribution in [0.15, 0.2) is 30.3 Å². The molecule has 0 saturated heterocycles. The Hall–Kier alpha value is -0.470. The van der Waals surface area contributed by atoms with E-state index in [1.165, 1.54) is 31.4 Å². The topological polar surface area (TPSA) is 12.0 Å². The third kappa shape index (κ3) is 3.76. The zero-order valence-electron chi connectivity index (χ0n) is 12.5. The minimum Gasteiger partial charge on any atom is -0.315 e. The molecule has 0 spiro atoms. The Morgan fingerprint density at radius 2 is 1.89 bits per heavy atom. The predicted molar refractivity (Wildman–Crippen MR) is 87.0 cm³/mol. The van der Waals surface area contributed by atoms with Gasteiger partial charge in [0.2, 0.25) is 0 Å². The molecule has 2 heteroatoms. The van der Waals surface area contributed by atoms with Crippen molar-refractivity contribution in [3.8, 4) is 0 Å². The lowest BCUT2D eigenvalue weighted by Crippen LogP contribution is -2.44. The van der Waals surface area contributed by atoms with Crippen LogP contribution in [0.5, 0.6) is 0 Å². The Morgan fingerprint density at radius 1 is 1.21 bits per heavy atom. The minimum absolute atomic E-state index is 0.540. The first-order valence-electron chi connectivity index (χ1n) is 7.48. The summed E-state index contributed by atoms with van der Waals surface area (Å²) in [6.45, 7) is 6.92. The van der Waals surface area contributed by atoms with Crippen LogP contribution in [0.1, 0.15) is 44.6 Å². The van der Waals surface area contributed by atoms with Gasteiger partial charge in [-0.3, -0.25) is 0 Å². The molecule has 1 aromatic carbocycles. The van der Waals surface area contributed by atoms with Crippen LogP contribution in [0.2, 0.25) is 0 Å². The monoisotopic (exact) mass is 277 g/mol. The summed E-state index contributed by atoms with van der Waals surface area (Å²) in [6, 6.07) is 10.9. The average molecular weight is 277 g/mol. The second kappa shape index (κ2) is 6.81. The number of rotatable bonds is 7. The van der Waals surface area contributed by atoms with Gasteiger partial charge in [-0.05, 0) is 36.5 Å². The standard InChI is InChI=1S/C17H27NS/c1-14(2)16(15-8-5-4-6-9-15)12-18-13-17(19-3)10-7-11-17/h4-6,8-9,14,16,18H,7,10-13H2,1-3H3. The van der Waals surface area contributed by atoms with Gasteiger partial charge >= 0.3 is 0 Å². The molecular weight excluding hydrogens is 250 g/mol. The molecule has 1 saturated carbocycles. The Kier molecular flexibility index (Phi) is 5.35. The Bertz CT molecular complexity index is 365. The second-order valence-electron chi connectivity index (χ2n) is 6.13. The van der Waals surface area contributed by atoms with Crippen LogP contribution in [0.4, 0.5) is 0 Å². The molecule has 0 aromatic heterocycles. The molecule has 1 fully saturated rings. The third-order valence-electron chi connectivity index (χ3n) is 4.54. The van der Waals surface area contributed by atoms with Crippen molar-refractivity contribution >= 4 is 11.8 Å². The fourth-order valence-corrected chi connectivity index (χ4v) is 3.86. The van der Waals surface area contributed by atoms with Gasteiger partial charge in [0.15, 0.2) is 0 Å². The number of benzene rings is 1. The normalized spacial score (nSPS) is 19.2. The molecule has 1 aliphatic carbocycles. The SMILES string of the molecule is CSC1(CNCC(c2ccccc2)C(C)C)CCC1. The highest BCUT2D eigenvalue weighted by Gasteiger charge is 2.35. The second-order valence-corrected chi connectivity index (χ2v) is 7.41. The lowest BCUT2D eigenvalue weighted by Gasteiger charge is -2.41. The highest BCUT2D eigenvalue weighted by atomic mass is 32.2. The van der Waals surface area contributed by atoms with Gasteiger partial charge in [-0.25, -0.2) is 0 Å². The predicted octanol–water partition coefficient (Wildman–Crippen LogP) is 4.30. The van der Waals surface area contributed by atoms with Crippen molar-refractivity contribution in [2.45, 2.75) is 43.8 Å². The largest absolute Gasteiger partial charge is 0.315 e. The summed E-state index contributed by atoms with van der Waals surface area (Å²) in [5, 5.41) is 3.74. The molecule has 0 heterocycles. The quantitative estimate of drug-likeness (QED) is 0.797. The molecule has 19 heavy (non-hydrogen) atoms. The van der Waals surface area contributed by atoms with Gasteiger partial charge < -0.3 is 5.32 Å². The zero-order valence-corrected chi connectivity index (χ0v) is 13.3. The number of thioether (sulfide) groups is 1. The molecule has 1 aromatic rings. The van der Waals surface area contributed by atoms with E-state index in [9.17, 15) is 0 Å². The first-order chi connectivity index (χ1) is 9.17. The van der Waals surface area contributed by atoms with Crippen LogP contribution in [-0.4, -0.2) is 24.1 Å². The van der Waals surface area contributed by atoms with Gasteiger partial charge in [-0.1, -0.05) is 50.6 Å². The minimum atomic E-state index is 0.540.